The summed E-state index contributed by atoms with van der Waals surface area (Å²) in [5, 5.41) is 0. The van der Waals surface area contributed by atoms with E-state index >= 15 is 0 Å². The fraction of sp³-hybridized carbons (Fsp3) is 0.250. The predicted molar refractivity (Wildman–Crippen MR) is 84.3 cm³/mol. The molecule has 0 aliphatic carbocycles. The molecule has 0 amide bonds. The summed E-state index contributed by atoms with van der Waals surface area (Å²) in [4.78, 5) is 0. The molecule has 1 heterocycles. The second-order valence-corrected chi connectivity index (χ2v) is 7.48. The molecule has 0 saturated heterocycles. The topological polar surface area (TPSA) is 37.4 Å². The van der Waals surface area contributed by atoms with Gasteiger partial charge in [-0.1, -0.05) is 48.5 Å². The van der Waals surface area contributed by atoms with Crippen molar-refractivity contribution in [3.05, 3.63) is 70.8 Å². The Labute approximate surface area is 130 Å². The van der Waals surface area contributed by atoms with Gasteiger partial charge in [-0.25, -0.2) is 8.42 Å². The van der Waals surface area contributed by atoms with E-state index in [0.717, 1.165) is 22.3 Å². The molecule has 3 nitrogen and oxygen atoms in total. The van der Waals surface area contributed by atoms with Crippen LogP contribution in [0.25, 0.3) is 0 Å². The lowest BCUT2D eigenvalue weighted by Crippen LogP contribution is -2.27. The first-order valence-electron chi connectivity index (χ1n) is 6.77. The second kappa shape index (κ2) is 5.79. The van der Waals surface area contributed by atoms with Crippen LogP contribution in [-0.4, -0.2) is 12.7 Å². The zero-order valence-corrected chi connectivity index (χ0v) is 13.1. The van der Waals surface area contributed by atoms with Crippen LogP contribution in [0.2, 0.25) is 0 Å². The third-order valence-electron chi connectivity index (χ3n) is 3.70. The van der Waals surface area contributed by atoms with Crippen molar-refractivity contribution >= 4 is 21.6 Å². The van der Waals surface area contributed by atoms with Crippen molar-refractivity contribution in [1.82, 2.24) is 4.31 Å². The van der Waals surface area contributed by atoms with Crippen molar-refractivity contribution < 1.29 is 8.42 Å². The zero-order valence-electron chi connectivity index (χ0n) is 11.5. The van der Waals surface area contributed by atoms with Gasteiger partial charge in [-0.2, -0.15) is 4.31 Å². The van der Waals surface area contributed by atoms with E-state index in [0.29, 0.717) is 19.0 Å². The van der Waals surface area contributed by atoms with Crippen LogP contribution in [0.1, 0.15) is 22.3 Å². The number of sulfonamides is 1. The maximum Gasteiger partial charge on any atom is 0.218 e. The molecular formula is C16H16ClNO2S. The van der Waals surface area contributed by atoms with Crippen LogP contribution in [-0.2, 0) is 34.7 Å². The Morgan fingerprint density at radius 3 is 2.19 bits per heavy atom. The molecular weight excluding hydrogens is 306 g/mol. The maximum atomic E-state index is 12.6. The molecule has 5 heteroatoms. The number of nitrogens with zero attached hydrogens (tertiary/aromatic N) is 1. The SMILES string of the molecule is O=S(=O)(Cc1cccc(CCl)c1)N1Cc2ccccc2C1. The van der Waals surface area contributed by atoms with Crippen molar-refractivity contribution in [2.45, 2.75) is 24.7 Å². The van der Waals surface area contributed by atoms with E-state index in [9.17, 15) is 8.42 Å². The average molecular weight is 322 g/mol. The van der Waals surface area contributed by atoms with Crippen molar-refractivity contribution in [1.29, 1.82) is 0 Å². The molecule has 1 aliphatic heterocycles. The number of halogens is 1. The monoisotopic (exact) mass is 321 g/mol. The summed E-state index contributed by atoms with van der Waals surface area (Å²) in [6, 6.07) is 15.3. The lowest BCUT2D eigenvalue weighted by Gasteiger charge is -2.15. The van der Waals surface area contributed by atoms with Gasteiger partial charge in [-0.05, 0) is 22.3 Å². The summed E-state index contributed by atoms with van der Waals surface area (Å²) in [5.74, 6) is 0.411. The third kappa shape index (κ3) is 3.12. The minimum absolute atomic E-state index is 0.0196. The number of rotatable bonds is 4. The summed E-state index contributed by atoms with van der Waals surface area (Å²) in [7, 11) is -3.32. The van der Waals surface area contributed by atoms with Gasteiger partial charge in [-0.15, -0.1) is 11.6 Å². The smallest absolute Gasteiger partial charge is 0.212 e. The Bertz CT molecular complexity index is 733. The maximum absolute atomic E-state index is 12.6. The van der Waals surface area contributed by atoms with E-state index in [2.05, 4.69) is 0 Å². The van der Waals surface area contributed by atoms with Gasteiger partial charge in [0.1, 0.15) is 0 Å². The molecule has 0 aromatic heterocycles. The molecule has 2 aromatic carbocycles. The average Bonchev–Trinajstić information content (AvgIpc) is 2.92. The van der Waals surface area contributed by atoms with Crippen LogP contribution in [0.3, 0.4) is 0 Å². The Kier molecular flexibility index (Phi) is 4.02. The van der Waals surface area contributed by atoms with Gasteiger partial charge >= 0.3 is 0 Å². The molecule has 0 fully saturated rings. The van der Waals surface area contributed by atoms with E-state index in [4.69, 9.17) is 11.6 Å². The van der Waals surface area contributed by atoms with Crippen molar-refractivity contribution in [2.75, 3.05) is 0 Å². The lowest BCUT2D eigenvalue weighted by molar-refractivity contribution is 0.431. The molecule has 0 radical (unpaired) electrons. The molecule has 0 bridgehead atoms. The van der Waals surface area contributed by atoms with Gasteiger partial charge < -0.3 is 0 Å². The summed E-state index contributed by atoms with van der Waals surface area (Å²) >= 11 is 5.80. The van der Waals surface area contributed by atoms with Gasteiger partial charge in [0.25, 0.3) is 0 Å². The molecule has 110 valence electrons. The van der Waals surface area contributed by atoms with Gasteiger partial charge in [0.2, 0.25) is 10.0 Å². The summed E-state index contributed by atoms with van der Waals surface area (Å²) in [6.45, 7) is 0.932. The number of hydrogen-bond donors (Lipinski definition) is 0. The number of hydrogen-bond acceptors (Lipinski definition) is 2. The van der Waals surface area contributed by atoms with E-state index in [-0.39, 0.29) is 5.75 Å². The summed E-state index contributed by atoms with van der Waals surface area (Å²) < 4.78 is 26.7. The van der Waals surface area contributed by atoms with Gasteiger partial charge in [0.05, 0.1) is 5.75 Å². The highest BCUT2D eigenvalue weighted by Gasteiger charge is 2.28. The predicted octanol–water partition coefficient (Wildman–Crippen LogP) is 3.27. The van der Waals surface area contributed by atoms with Crippen LogP contribution in [0, 0.1) is 0 Å². The third-order valence-corrected chi connectivity index (χ3v) is 5.75. The first kappa shape index (κ1) is 14.6. The number of alkyl halides is 1. The second-order valence-electron chi connectivity index (χ2n) is 5.25. The summed E-state index contributed by atoms with van der Waals surface area (Å²) in [6.07, 6.45) is 0. The molecule has 1 aliphatic rings. The lowest BCUT2D eigenvalue weighted by atomic mass is 10.1. The standard InChI is InChI=1S/C16H16ClNO2S/c17-9-13-4-3-5-14(8-13)12-21(19,20)18-10-15-6-1-2-7-16(15)11-18/h1-8H,9-12H2. The van der Waals surface area contributed by atoms with Gasteiger partial charge in [-0.3, -0.25) is 0 Å². The molecule has 0 atom stereocenters. The Balaban J connectivity index is 1.79. The van der Waals surface area contributed by atoms with E-state index in [1.807, 2.05) is 48.5 Å². The highest BCUT2D eigenvalue weighted by molar-refractivity contribution is 7.88. The van der Waals surface area contributed by atoms with Crippen molar-refractivity contribution in [3.63, 3.8) is 0 Å². The molecule has 2 aromatic rings. The Hall–Kier alpha value is -1.36. The quantitative estimate of drug-likeness (QED) is 0.810. The first-order chi connectivity index (χ1) is 10.1. The van der Waals surface area contributed by atoms with E-state index < -0.39 is 10.0 Å². The fourth-order valence-electron chi connectivity index (χ4n) is 2.60. The molecule has 0 saturated carbocycles. The normalized spacial score (nSPS) is 15.1. The molecule has 21 heavy (non-hydrogen) atoms. The van der Waals surface area contributed by atoms with Crippen molar-refractivity contribution in [3.8, 4) is 0 Å². The molecule has 0 spiro atoms. The van der Waals surface area contributed by atoms with Crippen LogP contribution >= 0.6 is 11.6 Å². The zero-order chi connectivity index (χ0) is 14.9. The van der Waals surface area contributed by atoms with E-state index in [1.165, 1.54) is 0 Å². The summed E-state index contributed by atoms with van der Waals surface area (Å²) in [5.41, 5.74) is 3.91. The largest absolute Gasteiger partial charge is 0.218 e. The highest BCUT2D eigenvalue weighted by atomic mass is 35.5. The first-order valence-corrected chi connectivity index (χ1v) is 8.91. The fourth-order valence-corrected chi connectivity index (χ4v) is 4.22. The molecule has 0 N–H and O–H groups in total. The molecule has 0 unspecified atom stereocenters. The van der Waals surface area contributed by atoms with Crippen LogP contribution in [0.15, 0.2) is 48.5 Å². The van der Waals surface area contributed by atoms with E-state index in [1.54, 1.807) is 4.31 Å². The van der Waals surface area contributed by atoms with Crippen molar-refractivity contribution in [2.24, 2.45) is 0 Å². The Morgan fingerprint density at radius 2 is 1.57 bits per heavy atom. The van der Waals surface area contributed by atoms with Gasteiger partial charge in [0.15, 0.2) is 0 Å². The Morgan fingerprint density at radius 1 is 0.952 bits per heavy atom. The van der Waals surface area contributed by atoms with Crippen LogP contribution < -0.4 is 0 Å². The van der Waals surface area contributed by atoms with Gasteiger partial charge in [0, 0.05) is 19.0 Å². The van der Waals surface area contributed by atoms with Crippen LogP contribution in [0.5, 0.6) is 0 Å². The molecule has 3 rings (SSSR count). The highest BCUT2D eigenvalue weighted by Crippen LogP contribution is 2.26. The minimum atomic E-state index is -3.32. The number of fused-ring (bicyclic) bond motifs is 1. The van der Waals surface area contributed by atoms with Crippen LogP contribution in [0.4, 0.5) is 0 Å². The minimum Gasteiger partial charge on any atom is -0.212 e. The number of benzene rings is 2.